The predicted molar refractivity (Wildman–Crippen MR) is 77.2 cm³/mol. The predicted octanol–water partition coefficient (Wildman–Crippen LogP) is 0.906. The van der Waals surface area contributed by atoms with Gasteiger partial charge in [-0.1, -0.05) is 11.2 Å². The Bertz CT molecular complexity index is 751. The second kappa shape index (κ2) is 5.24. The van der Waals surface area contributed by atoms with E-state index < -0.39 is 15.3 Å². The molecule has 0 aliphatic carbocycles. The van der Waals surface area contributed by atoms with Crippen LogP contribution in [0.25, 0.3) is 10.6 Å². The molecule has 1 unspecified atom stereocenters. The van der Waals surface area contributed by atoms with Gasteiger partial charge in [-0.2, -0.15) is 0 Å². The third-order valence-corrected chi connectivity index (χ3v) is 5.59. The van der Waals surface area contributed by atoms with Crippen molar-refractivity contribution >= 4 is 27.3 Å². The van der Waals surface area contributed by atoms with E-state index in [1.54, 1.807) is 6.07 Å². The molecule has 0 radical (unpaired) electrons. The van der Waals surface area contributed by atoms with Crippen molar-refractivity contribution in [1.82, 2.24) is 10.1 Å². The third kappa shape index (κ3) is 2.85. The minimum absolute atomic E-state index is 0.0961. The molecule has 1 amide bonds. The number of rotatable bonds is 3. The summed E-state index contributed by atoms with van der Waals surface area (Å²) in [5, 5.41) is 10.1. The molecule has 7 nitrogen and oxygen atoms in total. The number of amides is 1. The van der Waals surface area contributed by atoms with E-state index in [9.17, 15) is 13.2 Å². The number of sulfonamides is 1. The van der Waals surface area contributed by atoms with E-state index in [4.69, 9.17) is 9.66 Å². The number of nitrogens with two attached hydrogens (primary N) is 1. The van der Waals surface area contributed by atoms with E-state index in [0.717, 1.165) is 4.88 Å². The van der Waals surface area contributed by atoms with Gasteiger partial charge in [0, 0.05) is 19.2 Å². The Hall–Kier alpha value is -1.71. The minimum atomic E-state index is -3.62. The summed E-state index contributed by atoms with van der Waals surface area (Å²) in [4.78, 5) is 14.6. The summed E-state index contributed by atoms with van der Waals surface area (Å²) >= 11 is 1.48. The molecule has 1 fully saturated rings. The molecule has 0 aromatic carbocycles. The molecule has 21 heavy (non-hydrogen) atoms. The number of hydrogen-bond acceptors (Lipinski definition) is 6. The second-order valence-electron chi connectivity index (χ2n) is 4.80. The normalized spacial score (nSPS) is 19.1. The zero-order chi connectivity index (χ0) is 15.0. The van der Waals surface area contributed by atoms with E-state index in [-0.39, 0.29) is 18.1 Å². The van der Waals surface area contributed by atoms with Crippen molar-refractivity contribution in [2.45, 2.75) is 11.7 Å². The van der Waals surface area contributed by atoms with Crippen LogP contribution in [0.15, 0.2) is 28.1 Å². The molecule has 3 heterocycles. The van der Waals surface area contributed by atoms with Crippen molar-refractivity contribution in [3.8, 4) is 10.6 Å². The topological polar surface area (TPSA) is 106 Å². The smallest absolute Gasteiger partial charge is 0.276 e. The number of primary sulfonamides is 1. The van der Waals surface area contributed by atoms with Gasteiger partial charge < -0.3 is 9.42 Å². The Morgan fingerprint density at radius 3 is 2.95 bits per heavy atom. The van der Waals surface area contributed by atoms with Gasteiger partial charge in [-0.25, -0.2) is 13.6 Å². The molecule has 1 aliphatic heterocycles. The molecule has 0 bridgehead atoms. The summed E-state index contributed by atoms with van der Waals surface area (Å²) in [7, 11) is -3.62. The number of carbonyl (C=O) groups excluding carboxylic acids is 1. The average molecular weight is 327 g/mol. The van der Waals surface area contributed by atoms with Crippen LogP contribution in [-0.4, -0.2) is 42.7 Å². The number of thiophene rings is 1. The lowest BCUT2D eigenvalue weighted by Gasteiger charge is -2.13. The van der Waals surface area contributed by atoms with Gasteiger partial charge in [-0.05, 0) is 17.9 Å². The molecule has 0 saturated carbocycles. The summed E-state index contributed by atoms with van der Waals surface area (Å²) in [5.41, 5.74) is 0.175. The van der Waals surface area contributed by atoms with E-state index in [1.807, 2.05) is 17.5 Å². The lowest BCUT2D eigenvalue weighted by atomic mass is 10.3. The maximum atomic E-state index is 12.3. The first kappa shape index (κ1) is 14.2. The third-order valence-electron chi connectivity index (χ3n) is 3.39. The number of hydrogen-bond donors (Lipinski definition) is 1. The van der Waals surface area contributed by atoms with E-state index in [1.165, 1.54) is 16.2 Å². The van der Waals surface area contributed by atoms with Crippen LogP contribution in [0.3, 0.4) is 0 Å². The lowest BCUT2D eigenvalue weighted by Crippen LogP contribution is -2.34. The molecule has 2 aromatic rings. The van der Waals surface area contributed by atoms with Crippen molar-refractivity contribution in [3.63, 3.8) is 0 Å². The SMILES string of the molecule is NS(=O)(=O)C1CCN(C(=O)c2cc(-c3cccs3)on2)C1. The van der Waals surface area contributed by atoms with Gasteiger partial charge in [0.05, 0.1) is 10.1 Å². The largest absolute Gasteiger partial charge is 0.355 e. The van der Waals surface area contributed by atoms with Crippen LogP contribution in [0.5, 0.6) is 0 Å². The second-order valence-corrected chi connectivity index (χ2v) is 7.60. The van der Waals surface area contributed by atoms with E-state index >= 15 is 0 Å². The maximum Gasteiger partial charge on any atom is 0.276 e. The zero-order valence-corrected chi connectivity index (χ0v) is 12.6. The number of likely N-dealkylation sites (tertiary alicyclic amines) is 1. The van der Waals surface area contributed by atoms with Gasteiger partial charge in [0.25, 0.3) is 5.91 Å². The van der Waals surface area contributed by atoms with Gasteiger partial charge in [0.1, 0.15) is 0 Å². The van der Waals surface area contributed by atoms with Crippen LogP contribution in [0, 0.1) is 0 Å². The van der Waals surface area contributed by atoms with Gasteiger partial charge in [0.15, 0.2) is 11.5 Å². The van der Waals surface area contributed by atoms with Crippen LogP contribution in [0.1, 0.15) is 16.9 Å². The van der Waals surface area contributed by atoms with Gasteiger partial charge in [0.2, 0.25) is 10.0 Å². The summed E-state index contributed by atoms with van der Waals surface area (Å²) < 4.78 is 27.8. The molecule has 1 atom stereocenters. The van der Waals surface area contributed by atoms with Crippen LogP contribution in [-0.2, 0) is 10.0 Å². The van der Waals surface area contributed by atoms with Gasteiger partial charge in [-0.3, -0.25) is 4.79 Å². The van der Waals surface area contributed by atoms with Crippen molar-refractivity contribution in [3.05, 3.63) is 29.3 Å². The molecular formula is C12H13N3O4S2. The first-order chi connectivity index (χ1) is 9.95. The standard InChI is InChI=1S/C12H13N3O4S2/c13-21(17,18)8-3-4-15(7-8)12(16)9-6-10(19-14-9)11-2-1-5-20-11/h1-2,5-6,8H,3-4,7H2,(H2,13,17,18). The summed E-state index contributed by atoms with van der Waals surface area (Å²) in [6, 6.07) is 5.31. The highest BCUT2D eigenvalue weighted by atomic mass is 32.2. The molecule has 2 aromatic heterocycles. The summed E-state index contributed by atoms with van der Waals surface area (Å²) in [6.45, 7) is 0.444. The first-order valence-electron chi connectivity index (χ1n) is 6.26. The number of nitrogens with zero attached hydrogens (tertiary/aromatic N) is 2. The molecule has 1 aliphatic rings. The molecule has 0 spiro atoms. The molecule has 2 N–H and O–H groups in total. The molecule has 112 valence electrons. The summed E-state index contributed by atoms with van der Waals surface area (Å²) in [6.07, 6.45) is 0.347. The van der Waals surface area contributed by atoms with Crippen molar-refractivity contribution in [2.24, 2.45) is 5.14 Å². The van der Waals surface area contributed by atoms with E-state index in [2.05, 4.69) is 5.16 Å². The van der Waals surface area contributed by atoms with Crippen molar-refractivity contribution < 1.29 is 17.7 Å². The fourth-order valence-electron chi connectivity index (χ4n) is 2.25. The van der Waals surface area contributed by atoms with Crippen LogP contribution >= 0.6 is 11.3 Å². The highest BCUT2D eigenvalue weighted by Gasteiger charge is 2.34. The van der Waals surface area contributed by atoms with Crippen LogP contribution in [0.2, 0.25) is 0 Å². The molecule has 1 saturated heterocycles. The Morgan fingerprint density at radius 2 is 2.33 bits per heavy atom. The van der Waals surface area contributed by atoms with Crippen LogP contribution < -0.4 is 5.14 Å². The molecule has 3 rings (SSSR count). The highest BCUT2D eigenvalue weighted by molar-refractivity contribution is 7.89. The van der Waals surface area contributed by atoms with Crippen LogP contribution in [0.4, 0.5) is 0 Å². The lowest BCUT2D eigenvalue weighted by molar-refractivity contribution is 0.0783. The summed E-state index contributed by atoms with van der Waals surface area (Å²) in [5.74, 6) is 0.184. The molecular weight excluding hydrogens is 314 g/mol. The van der Waals surface area contributed by atoms with E-state index in [0.29, 0.717) is 18.7 Å². The Morgan fingerprint density at radius 1 is 1.52 bits per heavy atom. The van der Waals surface area contributed by atoms with Gasteiger partial charge in [-0.15, -0.1) is 11.3 Å². The first-order valence-corrected chi connectivity index (χ1v) is 8.75. The van der Waals surface area contributed by atoms with Crippen molar-refractivity contribution in [2.75, 3.05) is 13.1 Å². The monoisotopic (exact) mass is 327 g/mol. The Labute approximate surface area is 125 Å². The molecule has 9 heteroatoms. The van der Waals surface area contributed by atoms with Crippen molar-refractivity contribution in [1.29, 1.82) is 0 Å². The number of carbonyl (C=O) groups is 1. The highest BCUT2D eigenvalue weighted by Crippen LogP contribution is 2.26. The Balaban J connectivity index is 1.75. The Kier molecular flexibility index (Phi) is 3.56. The fraction of sp³-hybridized carbons (Fsp3) is 0.333. The minimum Gasteiger partial charge on any atom is -0.355 e. The fourth-order valence-corrected chi connectivity index (χ4v) is 3.75. The average Bonchev–Trinajstić information content (AvgIpc) is 3.17. The van der Waals surface area contributed by atoms with Gasteiger partial charge >= 0.3 is 0 Å². The number of aromatic nitrogens is 1. The quantitative estimate of drug-likeness (QED) is 0.901. The maximum absolute atomic E-state index is 12.3. The zero-order valence-electron chi connectivity index (χ0n) is 10.9.